The molecule has 6 rings (SSSR count). The molecule has 4 aromatic rings. The molecule has 0 N–H and O–H groups in total. The molecule has 41 heavy (non-hydrogen) atoms. The molecule has 2 aromatic carbocycles. The minimum atomic E-state index is -0.266. The molecule has 0 unspecified atom stereocenters. The summed E-state index contributed by atoms with van der Waals surface area (Å²) in [6.45, 7) is 6.89. The van der Waals surface area contributed by atoms with Crippen molar-refractivity contribution in [3.63, 3.8) is 0 Å². The number of rotatable bonds is 5. The van der Waals surface area contributed by atoms with Crippen LogP contribution in [0.15, 0.2) is 76.6 Å². The molecular weight excluding hydrogens is 558 g/mol. The van der Waals surface area contributed by atoms with Crippen molar-refractivity contribution in [2.45, 2.75) is 20.4 Å². The second-order valence-electron chi connectivity index (χ2n) is 10.3. The summed E-state index contributed by atoms with van der Waals surface area (Å²) in [4.78, 5) is 38.5. The van der Waals surface area contributed by atoms with Crippen LogP contribution in [0, 0.1) is 19.7 Å². The molecule has 7 nitrogen and oxygen atoms in total. The van der Waals surface area contributed by atoms with Gasteiger partial charge in [0.2, 0.25) is 0 Å². The first-order chi connectivity index (χ1) is 19.8. The van der Waals surface area contributed by atoms with Gasteiger partial charge in [-0.15, -0.1) is 0 Å². The summed E-state index contributed by atoms with van der Waals surface area (Å²) in [6.07, 6.45) is 3.42. The number of aromatic nitrogens is 2. The van der Waals surface area contributed by atoms with Gasteiger partial charge >= 0.3 is 0 Å². The Morgan fingerprint density at radius 1 is 0.902 bits per heavy atom. The van der Waals surface area contributed by atoms with Crippen LogP contribution in [0.4, 0.5) is 15.9 Å². The van der Waals surface area contributed by atoms with Crippen LogP contribution in [0.2, 0.25) is 0 Å². The van der Waals surface area contributed by atoms with E-state index in [9.17, 15) is 14.0 Å². The molecule has 0 aliphatic carbocycles. The van der Waals surface area contributed by atoms with E-state index in [0.717, 1.165) is 22.4 Å². The molecule has 1 amide bonds. The highest BCUT2D eigenvalue weighted by molar-refractivity contribution is 8.26. The van der Waals surface area contributed by atoms with Crippen LogP contribution in [0.1, 0.15) is 22.3 Å². The highest BCUT2D eigenvalue weighted by Crippen LogP contribution is 2.35. The van der Waals surface area contributed by atoms with Gasteiger partial charge in [-0.05, 0) is 61.4 Å². The summed E-state index contributed by atoms with van der Waals surface area (Å²) >= 11 is 6.78. The molecule has 2 aromatic heterocycles. The maximum atomic E-state index is 13.9. The van der Waals surface area contributed by atoms with Gasteiger partial charge in [-0.25, -0.2) is 9.37 Å². The highest BCUT2D eigenvalue weighted by atomic mass is 32.2. The van der Waals surface area contributed by atoms with Crippen LogP contribution in [0.25, 0.3) is 11.7 Å². The van der Waals surface area contributed by atoms with E-state index >= 15 is 0 Å². The molecule has 0 atom stereocenters. The number of fused-ring (bicyclic) bond motifs is 1. The first-order valence-electron chi connectivity index (χ1n) is 13.4. The van der Waals surface area contributed by atoms with Crippen LogP contribution < -0.4 is 15.4 Å². The largest absolute Gasteiger partial charge is 0.368 e. The van der Waals surface area contributed by atoms with Crippen LogP contribution in [0.3, 0.4) is 0 Å². The number of thioether (sulfide) groups is 1. The second kappa shape index (κ2) is 11.1. The van der Waals surface area contributed by atoms with Crippen LogP contribution >= 0.6 is 24.0 Å². The van der Waals surface area contributed by atoms with E-state index < -0.39 is 0 Å². The Labute approximate surface area is 246 Å². The van der Waals surface area contributed by atoms with Gasteiger partial charge in [0.25, 0.3) is 11.5 Å². The number of pyridine rings is 1. The zero-order valence-corrected chi connectivity index (χ0v) is 24.3. The lowest BCUT2D eigenvalue weighted by Crippen LogP contribution is -2.47. The Morgan fingerprint density at radius 3 is 2.27 bits per heavy atom. The summed E-state index contributed by atoms with van der Waals surface area (Å²) in [5, 5.41) is 0. The average molecular weight is 586 g/mol. The maximum Gasteiger partial charge on any atom is 0.267 e. The van der Waals surface area contributed by atoms with Crippen molar-refractivity contribution < 1.29 is 9.18 Å². The van der Waals surface area contributed by atoms with Crippen LogP contribution in [-0.2, 0) is 11.3 Å². The molecule has 4 heterocycles. The number of anilines is 2. The predicted molar refractivity (Wildman–Crippen MR) is 167 cm³/mol. The maximum absolute atomic E-state index is 13.9. The fraction of sp³-hybridized carbons (Fsp3) is 0.226. The monoisotopic (exact) mass is 585 g/mol. The molecule has 0 bridgehead atoms. The Kier molecular flexibility index (Phi) is 7.35. The lowest BCUT2D eigenvalue weighted by molar-refractivity contribution is -0.122. The van der Waals surface area contributed by atoms with Gasteiger partial charge in [0.05, 0.1) is 17.0 Å². The first kappa shape index (κ1) is 27.2. The van der Waals surface area contributed by atoms with E-state index in [1.54, 1.807) is 29.3 Å². The number of halogens is 1. The third-order valence-electron chi connectivity index (χ3n) is 7.37. The lowest BCUT2D eigenvalue weighted by atomic mass is 10.1. The first-order valence-corrected chi connectivity index (χ1v) is 14.6. The molecule has 0 saturated carbocycles. The molecular formula is C31H28FN5O2S2. The number of carbonyl (C=O) groups is 1. The smallest absolute Gasteiger partial charge is 0.267 e. The van der Waals surface area contributed by atoms with Crippen molar-refractivity contribution in [1.82, 2.24) is 14.3 Å². The minimum absolute atomic E-state index is 0.221. The van der Waals surface area contributed by atoms with E-state index in [-0.39, 0.29) is 17.3 Å². The number of amides is 1. The Balaban J connectivity index is 1.34. The van der Waals surface area contributed by atoms with Gasteiger partial charge < -0.3 is 9.80 Å². The Hall–Kier alpha value is -4.02. The quantitative estimate of drug-likeness (QED) is 0.236. The van der Waals surface area contributed by atoms with Crippen molar-refractivity contribution in [3.8, 4) is 0 Å². The molecule has 0 spiro atoms. The average Bonchev–Trinajstić information content (AvgIpc) is 3.23. The van der Waals surface area contributed by atoms with Crippen molar-refractivity contribution >= 4 is 57.4 Å². The van der Waals surface area contributed by atoms with Crippen molar-refractivity contribution in [1.29, 1.82) is 0 Å². The normalized spacial score (nSPS) is 16.9. The molecule has 2 fully saturated rings. The third-order valence-corrected chi connectivity index (χ3v) is 8.74. The molecule has 2 saturated heterocycles. The topological polar surface area (TPSA) is 61.2 Å². The molecule has 10 heteroatoms. The minimum Gasteiger partial charge on any atom is -0.368 e. The number of carbonyl (C=O) groups excluding carboxylic acids is 1. The number of benzene rings is 2. The summed E-state index contributed by atoms with van der Waals surface area (Å²) in [6, 6.07) is 18.2. The van der Waals surface area contributed by atoms with Crippen molar-refractivity contribution in [2.24, 2.45) is 0 Å². The predicted octanol–water partition coefficient (Wildman–Crippen LogP) is 5.18. The Morgan fingerprint density at radius 2 is 1.56 bits per heavy atom. The Bertz CT molecular complexity index is 1740. The van der Waals surface area contributed by atoms with Gasteiger partial charge in [0.1, 0.15) is 21.6 Å². The van der Waals surface area contributed by atoms with E-state index in [2.05, 4.69) is 9.80 Å². The molecule has 0 radical (unpaired) electrons. The zero-order valence-electron chi connectivity index (χ0n) is 22.7. The summed E-state index contributed by atoms with van der Waals surface area (Å²) in [7, 11) is 0. The number of aryl methyl sites for hydroxylation is 2. The van der Waals surface area contributed by atoms with Gasteiger partial charge in [-0.2, -0.15) is 0 Å². The lowest BCUT2D eigenvalue weighted by Gasteiger charge is -2.37. The zero-order chi connectivity index (χ0) is 28.7. The van der Waals surface area contributed by atoms with Gasteiger partial charge in [-0.3, -0.25) is 18.9 Å². The summed E-state index contributed by atoms with van der Waals surface area (Å²) < 4.78 is 15.4. The summed E-state index contributed by atoms with van der Waals surface area (Å²) in [5.74, 6) is 0.0557. The SMILES string of the molecule is Cc1ccc(CN2C(=O)C(=Cc3c(N4CCN(c5ccc(F)cc5)CC4)nc4ccc(C)cn4c3=O)SC2=S)cc1. The molecule has 208 valence electrons. The van der Waals surface area contributed by atoms with Gasteiger partial charge in [-0.1, -0.05) is 59.9 Å². The second-order valence-corrected chi connectivity index (χ2v) is 12.0. The van der Waals surface area contributed by atoms with E-state index in [4.69, 9.17) is 17.2 Å². The number of thiocarbonyl (C=S) groups is 1. The van der Waals surface area contributed by atoms with E-state index in [0.29, 0.717) is 59.0 Å². The third kappa shape index (κ3) is 5.49. The fourth-order valence-electron chi connectivity index (χ4n) is 5.09. The number of hydrogen-bond donors (Lipinski definition) is 0. The van der Waals surface area contributed by atoms with Crippen molar-refractivity contribution in [3.05, 3.63) is 110 Å². The molecule has 2 aliphatic heterocycles. The standard InChI is InChI=1S/C31H28FN5O2S2/c1-20-3-6-22(7-4-20)19-37-30(39)26(41-31(37)40)17-25-28(33-27-12-5-21(2)18-36(27)29(25)38)35-15-13-34(14-16-35)24-10-8-23(32)9-11-24/h3-12,17-18H,13-16,19H2,1-2H3. The number of nitrogens with zero attached hydrogens (tertiary/aromatic N) is 5. The van der Waals surface area contributed by atoms with Crippen LogP contribution in [0.5, 0.6) is 0 Å². The highest BCUT2D eigenvalue weighted by Gasteiger charge is 2.33. The van der Waals surface area contributed by atoms with E-state index in [1.165, 1.54) is 28.3 Å². The van der Waals surface area contributed by atoms with Gasteiger partial charge in [0.15, 0.2) is 0 Å². The summed E-state index contributed by atoms with van der Waals surface area (Å²) in [5.41, 5.74) is 4.67. The molecule has 2 aliphatic rings. The number of piperazine rings is 1. The van der Waals surface area contributed by atoms with Crippen LogP contribution in [-0.4, -0.2) is 50.7 Å². The fourth-order valence-corrected chi connectivity index (χ4v) is 6.32. The number of hydrogen-bond acceptors (Lipinski definition) is 7. The van der Waals surface area contributed by atoms with Gasteiger partial charge in [0, 0.05) is 38.1 Å². The van der Waals surface area contributed by atoms with Crippen molar-refractivity contribution in [2.75, 3.05) is 36.0 Å². The van der Waals surface area contributed by atoms with E-state index in [1.807, 2.05) is 50.2 Å².